The molecule has 1 unspecified atom stereocenters. The van der Waals surface area contributed by atoms with Crippen molar-refractivity contribution in [1.29, 1.82) is 0 Å². The Balaban J connectivity index is 1.24. The number of methoxy groups -OCH3 is 1. The Morgan fingerprint density at radius 2 is 1.69 bits per heavy atom. The Kier molecular flexibility index (Phi) is 6.60. The molecule has 1 atom stereocenters. The first-order chi connectivity index (χ1) is 14.1. The van der Waals surface area contributed by atoms with E-state index < -0.39 is 0 Å². The first kappa shape index (κ1) is 20.5. The van der Waals surface area contributed by atoms with Crippen LogP contribution in [0.15, 0.2) is 24.3 Å². The molecule has 0 radical (unpaired) electrons. The van der Waals surface area contributed by atoms with Crippen molar-refractivity contribution < 1.29 is 9.53 Å². The van der Waals surface area contributed by atoms with Crippen LogP contribution in [0.5, 0.6) is 5.75 Å². The van der Waals surface area contributed by atoms with Gasteiger partial charge in [0.15, 0.2) is 0 Å². The summed E-state index contributed by atoms with van der Waals surface area (Å²) in [5.74, 6) is 1.19. The molecule has 1 saturated carbocycles. The summed E-state index contributed by atoms with van der Waals surface area (Å²) in [4.78, 5) is 22.3. The van der Waals surface area contributed by atoms with Crippen LogP contribution in [0.3, 0.4) is 0 Å². The molecule has 4 rings (SSSR count). The summed E-state index contributed by atoms with van der Waals surface area (Å²) >= 11 is 0. The van der Waals surface area contributed by atoms with Crippen molar-refractivity contribution in [2.75, 3.05) is 64.4 Å². The fourth-order valence-corrected chi connectivity index (χ4v) is 5.23. The predicted octanol–water partition coefficient (Wildman–Crippen LogP) is 2.29. The van der Waals surface area contributed by atoms with Gasteiger partial charge in [-0.05, 0) is 44.0 Å². The first-order valence-electron chi connectivity index (χ1n) is 11.3. The van der Waals surface area contributed by atoms with Crippen LogP contribution in [0.2, 0.25) is 0 Å². The van der Waals surface area contributed by atoms with Gasteiger partial charge in [-0.3, -0.25) is 14.6 Å². The van der Waals surface area contributed by atoms with Gasteiger partial charge in [0.05, 0.1) is 13.7 Å². The summed E-state index contributed by atoms with van der Waals surface area (Å²) in [7, 11) is 1.70. The van der Waals surface area contributed by atoms with Crippen molar-refractivity contribution in [3.63, 3.8) is 0 Å². The number of carbonyl (C=O) groups excluding carboxylic acids is 1. The minimum absolute atomic E-state index is 0.307. The second kappa shape index (κ2) is 9.35. The third-order valence-corrected chi connectivity index (χ3v) is 6.98. The molecule has 1 aromatic rings. The van der Waals surface area contributed by atoms with Gasteiger partial charge in [0.2, 0.25) is 5.91 Å². The minimum atomic E-state index is 0.307. The van der Waals surface area contributed by atoms with Gasteiger partial charge in [0.25, 0.3) is 0 Å². The molecule has 6 nitrogen and oxygen atoms in total. The standard InChI is InChI=1S/C23H36N4O2/c1-19-17-24(11-16-27(19)21-7-9-22(29-2)10-8-21)18-23(28)26-14-12-25(13-15-26)20-5-3-4-6-20/h7-10,19-20H,3-6,11-18H2,1-2H3. The molecule has 2 heterocycles. The fraction of sp³-hybridized carbons (Fsp3) is 0.696. The van der Waals surface area contributed by atoms with Crippen LogP contribution in [-0.4, -0.2) is 92.2 Å². The molecule has 0 spiro atoms. The highest BCUT2D eigenvalue weighted by Crippen LogP contribution is 2.25. The lowest BCUT2D eigenvalue weighted by molar-refractivity contribution is -0.134. The van der Waals surface area contributed by atoms with Crippen LogP contribution < -0.4 is 9.64 Å². The minimum Gasteiger partial charge on any atom is -0.497 e. The second-order valence-electron chi connectivity index (χ2n) is 8.83. The average molecular weight is 401 g/mol. The highest BCUT2D eigenvalue weighted by Gasteiger charge is 2.30. The van der Waals surface area contributed by atoms with Crippen LogP contribution >= 0.6 is 0 Å². The number of piperazine rings is 2. The fourth-order valence-electron chi connectivity index (χ4n) is 5.23. The predicted molar refractivity (Wildman–Crippen MR) is 117 cm³/mol. The van der Waals surface area contributed by atoms with Gasteiger partial charge in [-0.2, -0.15) is 0 Å². The number of hydrogen-bond donors (Lipinski definition) is 0. The van der Waals surface area contributed by atoms with E-state index in [2.05, 4.69) is 38.7 Å². The molecule has 3 fully saturated rings. The maximum Gasteiger partial charge on any atom is 0.236 e. The third-order valence-electron chi connectivity index (χ3n) is 6.98. The molecule has 3 aliphatic rings. The Hall–Kier alpha value is -1.79. The van der Waals surface area contributed by atoms with Gasteiger partial charge in [0.1, 0.15) is 5.75 Å². The Bertz CT molecular complexity index is 666. The number of benzene rings is 1. The zero-order valence-corrected chi connectivity index (χ0v) is 18.1. The van der Waals surface area contributed by atoms with Crippen LogP contribution in [0, 0.1) is 0 Å². The molecular formula is C23H36N4O2. The van der Waals surface area contributed by atoms with Crippen molar-refractivity contribution in [3.8, 4) is 5.75 Å². The van der Waals surface area contributed by atoms with Crippen LogP contribution in [0.25, 0.3) is 0 Å². The van der Waals surface area contributed by atoms with Gasteiger partial charge in [-0.1, -0.05) is 12.8 Å². The molecule has 1 aliphatic carbocycles. The van der Waals surface area contributed by atoms with E-state index in [0.717, 1.165) is 57.6 Å². The average Bonchev–Trinajstić information content (AvgIpc) is 3.29. The molecule has 0 bridgehead atoms. The van der Waals surface area contributed by atoms with E-state index in [9.17, 15) is 4.79 Å². The molecule has 0 aromatic heterocycles. The van der Waals surface area contributed by atoms with Crippen molar-refractivity contribution >= 4 is 11.6 Å². The highest BCUT2D eigenvalue weighted by molar-refractivity contribution is 5.78. The highest BCUT2D eigenvalue weighted by atomic mass is 16.5. The van der Waals surface area contributed by atoms with E-state index in [4.69, 9.17) is 4.74 Å². The maximum atomic E-state index is 12.9. The molecule has 0 N–H and O–H groups in total. The number of anilines is 1. The topological polar surface area (TPSA) is 39.3 Å². The molecule has 1 aromatic carbocycles. The molecule has 2 aliphatic heterocycles. The number of hydrogen-bond acceptors (Lipinski definition) is 5. The smallest absolute Gasteiger partial charge is 0.236 e. The molecule has 2 saturated heterocycles. The third kappa shape index (κ3) is 4.86. The number of amides is 1. The Morgan fingerprint density at radius 1 is 1.00 bits per heavy atom. The van der Waals surface area contributed by atoms with Gasteiger partial charge < -0.3 is 14.5 Å². The molecule has 6 heteroatoms. The van der Waals surface area contributed by atoms with Gasteiger partial charge in [-0.25, -0.2) is 0 Å². The normalized spacial score (nSPS) is 24.8. The van der Waals surface area contributed by atoms with E-state index in [1.54, 1.807) is 7.11 Å². The van der Waals surface area contributed by atoms with E-state index >= 15 is 0 Å². The summed E-state index contributed by atoms with van der Waals surface area (Å²) in [5.41, 5.74) is 1.23. The van der Waals surface area contributed by atoms with Crippen molar-refractivity contribution in [2.24, 2.45) is 0 Å². The zero-order chi connectivity index (χ0) is 20.2. The largest absolute Gasteiger partial charge is 0.497 e. The molecule has 160 valence electrons. The van der Waals surface area contributed by atoms with Crippen LogP contribution in [0.4, 0.5) is 5.69 Å². The number of carbonyl (C=O) groups is 1. The van der Waals surface area contributed by atoms with Gasteiger partial charge in [-0.15, -0.1) is 0 Å². The summed E-state index contributed by atoms with van der Waals surface area (Å²) in [5, 5.41) is 0. The van der Waals surface area contributed by atoms with E-state index in [1.165, 1.54) is 31.4 Å². The summed E-state index contributed by atoms with van der Waals surface area (Å²) in [6.45, 7) is 9.54. The number of nitrogens with zero attached hydrogens (tertiary/aromatic N) is 4. The summed E-state index contributed by atoms with van der Waals surface area (Å²) in [6, 6.07) is 9.45. The lowest BCUT2D eigenvalue weighted by atomic mass is 10.1. The first-order valence-corrected chi connectivity index (χ1v) is 11.3. The number of rotatable bonds is 5. The SMILES string of the molecule is COc1ccc(N2CCN(CC(=O)N3CCN(C4CCCC4)CC3)CC2C)cc1. The van der Waals surface area contributed by atoms with Crippen molar-refractivity contribution in [2.45, 2.75) is 44.7 Å². The van der Waals surface area contributed by atoms with E-state index in [-0.39, 0.29) is 0 Å². The summed E-state index contributed by atoms with van der Waals surface area (Å²) in [6.07, 6.45) is 5.46. The quantitative estimate of drug-likeness (QED) is 0.758. The lowest BCUT2D eigenvalue weighted by Gasteiger charge is -2.42. The number of ether oxygens (including phenoxy) is 1. The van der Waals surface area contributed by atoms with Gasteiger partial charge in [0, 0.05) is 63.6 Å². The van der Waals surface area contributed by atoms with E-state index in [1.807, 2.05) is 12.1 Å². The zero-order valence-electron chi connectivity index (χ0n) is 18.1. The molecular weight excluding hydrogens is 364 g/mol. The monoisotopic (exact) mass is 400 g/mol. The molecule has 1 amide bonds. The second-order valence-corrected chi connectivity index (χ2v) is 8.83. The van der Waals surface area contributed by atoms with E-state index in [0.29, 0.717) is 18.5 Å². The van der Waals surface area contributed by atoms with Gasteiger partial charge >= 0.3 is 0 Å². The van der Waals surface area contributed by atoms with Crippen molar-refractivity contribution in [3.05, 3.63) is 24.3 Å². The Morgan fingerprint density at radius 3 is 2.31 bits per heavy atom. The molecule has 29 heavy (non-hydrogen) atoms. The van der Waals surface area contributed by atoms with Crippen LogP contribution in [-0.2, 0) is 4.79 Å². The Labute approximate surface area is 175 Å². The van der Waals surface area contributed by atoms with Crippen LogP contribution in [0.1, 0.15) is 32.6 Å². The maximum absolute atomic E-state index is 12.9. The lowest BCUT2D eigenvalue weighted by Crippen LogP contribution is -2.56. The van der Waals surface area contributed by atoms with Crippen molar-refractivity contribution in [1.82, 2.24) is 14.7 Å². The summed E-state index contributed by atoms with van der Waals surface area (Å²) < 4.78 is 5.27.